The maximum absolute atomic E-state index is 5.44. The normalized spacial score (nSPS) is 16.8. The molecule has 2 aromatic heterocycles. The summed E-state index contributed by atoms with van der Waals surface area (Å²) in [5.41, 5.74) is 3.88. The van der Waals surface area contributed by atoms with Crippen molar-refractivity contribution in [2.24, 2.45) is 5.92 Å². The van der Waals surface area contributed by atoms with Gasteiger partial charge >= 0.3 is 0 Å². The molecule has 146 valence electrons. The Morgan fingerprint density at radius 2 is 2.14 bits per heavy atom. The van der Waals surface area contributed by atoms with E-state index >= 15 is 0 Å². The Balaban J connectivity index is 1.54. The molecule has 3 aromatic rings. The first-order chi connectivity index (χ1) is 13.8. The molecule has 0 saturated carbocycles. The van der Waals surface area contributed by atoms with Crippen LogP contribution < -0.4 is 15.4 Å². The summed E-state index contributed by atoms with van der Waals surface area (Å²) in [6.07, 6.45) is 6.85. The first-order valence-corrected chi connectivity index (χ1v) is 10.2. The van der Waals surface area contributed by atoms with Gasteiger partial charge in [0.25, 0.3) is 0 Å². The summed E-state index contributed by atoms with van der Waals surface area (Å²) in [5.74, 6) is 1.42. The molecule has 0 amide bonds. The summed E-state index contributed by atoms with van der Waals surface area (Å²) >= 11 is 0. The number of nitrogens with zero attached hydrogens (tertiary/aromatic N) is 2. The molecule has 0 radical (unpaired) electrons. The summed E-state index contributed by atoms with van der Waals surface area (Å²) in [4.78, 5) is 9.17. The average molecular weight is 377 g/mol. The summed E-state index contributed by atoms with van der Waals surface area (Å²) in [5, 5.41) is 8.31. The van der Waals surface area contributed by atoms with Gasteiger partial charge in [-0.15, -0.1) is 0 Å². The monoisotopic (exact) mass is 376 g/mol. The van der Waals surface area contributed by atoms with Crippen LogP contribution in [0.15, 0.2) is 48.7 Å². The number of piperidine rings is 1. The van der Waals surface area contributed by atoms with Crippen LogP contribution in [0.5, 0.6) is 5.88 Å². The lowest BCUT2D eigenvalue weighted by Crippen LogP contribution is -2.29. The third-order valence-corrected chi connectivity index (χ3v) is 5.46. The molecule has 2 N–H and O–H groups in total. The van der Waals surface area contributed by atoms with Gasteiger partial charge in [0.1, 0.15) is 0 Å². The summed E-state index contributed by atoms with van der Waals surface area (Å²) in [7, 11) is 1.65. The van der Waals surface area contributed by atoms with Crippen molar-refractivity contribution in [1.29, 1.82) is 0 Å². The zero-order valence-electron chi connectivity index (χ0n) is 16.4. The van der Waals surface area contributed by atoms with Crippen LogP contribution in [-0.4, -0.2) is 36.7 Å². The number of aromatic nitrogens is 2. The van der Waals surface area contributed by atoms with E-state index in [0.717, 1.165) is 40.3 Å². The molecule has 4 rings (SSSR count). The largest absolute Gasteiger partial charge is 0.481 e. The fourth-order valence-corrected chi connectivity index (χ4v) is 3.99. The fourth-order valence-electron chi connectivity index (χ4n) is 3.99. The van der Waals surface area contributed by atoms with Crippen LogP contribution >= 0.6 is 0 Å². The van der Waals surface area contributed by atoms with E-state index in [1.54, 1.807) is 13.3 Å². The van der Waals surface area contributed by atoms with Gasteiger partial charge in [0, 0.05) is 23.8 Å². The standard InChI is InChI=1S/C23H28N4O/c1-28-23-19(10-6-14-26-23)22-15-21(18-9-2-3-11-20(18)27-22)25-13-5-8-17-7-4-12-24-16-17/h2-3,6,9-11,14-15,17,24H,4-5,7-8,12-13,16H2,1H3,(H,25,27). The summed E-state index contributed by atoms with van der Waals surface area (Å²) < 4.78 is 5.44. The number of nitrogens with one attached hydrogen (secondary N) is 2. The number of rotatable bonds is 7. The first-order valence-electron chi connectivity index (χ1n) is 10.2. The van der Waals surface area contributed by atoms with Gasteiger partial charge in [-0.2, -0.15) is 0 Å². The van der Waals surface area contributed by atoms with Crippen molar-refractivity contribution in [3.63, 3.8) is 0 Å². The second kappa shape index (κ2) is 9.02. The van der Waals surface area contributed by atoms with Crippen molar-refractivity contribution < 1.29 is 4.74 Å². The van der Waals surface area contributed by atoms with E-state index in [2.05, 4.69) is 39.9 Å². The number of benzene rings is 1. The molecule has 1 saturated heterocycles. The van der Waals surface area contributed by atoms with Crippen molar-refractivity contribution >= 4 is 16.6 Å². The summed E-state index contributed by atoms with van der Waals surface area (Å²) in [6.45, 7) is 3.32. The van der Waals surface area contributed by atoms with E-state index in [-0.39, 0.29) is 0 Å². The van der Waals surface area contributed by atoms with E-state index < -0.39 is 0 Å². The minimum Gasteiger partial charge on any atom is -0.481 e. The van der Waals surface area contributed by atoms with Crippen molar-refractivity contribution in [2.75, 3.05) is 32.1 Å². The predicted molar refractivity (Wildman–Crippen MR) is 115 cm³/mol. The van der Waals surface area contributed by atoms with Crippen LogP contribution in [0.4, 0.5) is 5.69 Å². The number of pyridine rings is 2. The molecule has 0 bridgehead atoms. The third-order valence-electron chi connectivity index (χ3n) is 5.46. The fraction of sp³-hybridized carbons (Fsp3) is 0.391. The second-order valence-corrected chi connectivity index (χ2v) is 7.41. The molecule has 1 fully saturated rings. The Morgan fingerprint density at radius 1 is 1.21 bits per heavy atom. The number of hydrogen-bond acceptors (Lipinski definition) is 5. The van der Waals surface area contributed by atoms with Crippen LogP contribution in [0.3, 0.4) is 0 Å². The predicted octanol–water partition coefficient (Wildman–Crippen LogP) is 4.50. The highest BCUT2D eigenvalue weighted by Gasteiger charge is 2.14. The zero-order valence-corrected chi connectivity index (χ0v) is 16.4. The van der Waals surface area contributed by atoms with E-state index in [9.17, 15) is 0 Å². The van der Waals surface area contributed by atoms with Crippen LogP contribution in [-0.2, 0) is 0 Å². The third kappa shape index (κ3) is 4.25. The van der Waals surface area contributed by atoms with E-state index in [1.807, 2.05) is 18.2 Å². The SMILES string of the molecule is COc1ncccc1-c1cc(NCCCC2CCCNC2)c2ccccc2n1. The molecule has 5 nitrogen and oxygen atoms in total. The lowest BCUT2D eigenvalue weighted by molar-refractivity contribution is 0.353. The molecule has 1 aromatic carbocycles. The average Bonchev–Trinajstić information content (AvgIpc) is 2.77. The number of ether oxygens (including phenoxy) is 1. The molecule has 1 aliphatic heterocycles. The molecule has 3 heterocycles. The lowest BCUT2D eigenvalue weighted by atomic mass is 9.95. The topological polar surface area (TPSA) is 59.1 Å². The quantitative estimate of drug-likeness (QED) is 0.595. The van der Waals surface area contributed by atoms with Crippen molar-refractivity contribution in [2.45, 2.75) is 25.7 Å². The van der Waals surface area contributed by atoms with Gasteiger partial charge < -0.3 is 15.4 Å². The van der Waals surface area contributed by atoms with Gasteiger partial charge in [0.2, 0.25) is 5.88 Å². The molecule has 0 aliphatic carbocycles. The zero-order chi connectivity index (χ0) is 19.2. The highest BCUT2D eigenvalue weighted by molar-refractivity contribution is 5.94. The smallest absolute Gasteiger partial charge is 0.222 e. The van der Waals surface area contributed by atoms with Crippen LogP contribution in [0.25, 0.3) is 22.2 Å². The van der Waals surface area contributed by atoms with E-state index in [1.165, 1.54) is 38.8 Å². The van der Waals surface area contributed by atoms with Crippen LogP contribution in [0.2, 0.25) is 0 Å². The Labute approximate surface area is 166 Å². The molecular weight excluding hydrogens is 348 g/mol. The van der Waals surface area contributed by atoms with Crippen LogP contribution in [0.1, 0.15) is 25.7 Å². The maximum atomic E-state index is 5.44. The van der Waals surface area contributed by atoms with Crippen molar-refractivity contribution in [3.05, 3.63) is 48.7 Å². The lowest BCUT2D eigenvalue weighted by Gasteiger charge is -2.22. The highest BCUT2D eigenvalue weighted by Crippen LogP contribution is 2.32. The molecular formula is C23H28N4O. The highest BCUT2D eigenvalue weighted by atomic mass is 16.5. The number of para-hydroxylation sites is 1. The van der Waals surface area contributed by atoms with Gasteiger partial charge in [0.05, 0.1) is 23.9 Å². The van der Waals surface area contributed by atoms with Gasteiger partial charge in [-0.25, -0.2) is 9.97 Å². The first kappa shape index (κ1) is 18.7. The number of anilines is 1. The minimum absolute atomic E-state index is 0.598. The molecule has 1 atom stereocenters. The Hall–Kier alpha value is -2.66. The van der Waals surface area contributed by atoms with Gasteiger partial charge in [-0.05, 0) is 69.0 Å². The Kier molecular flexibility index (Phi) is 6.02. The van der Waals surface area contributed by atoms with Gasteiger partial charge in [-0.3, -0.25) is 0 Å². The van der Waals surface area contributed by atoms with Gasteiger partial charge in [0.15, 0.2) is 0 Å². The Bertz CT molecular complexity index is 921. The van der Waals surface area contributed by atoms with Crippen molar-refractivity contribution in [3.8, 4) is 17.1 Å². The van der Waals surface area contributed by atoms with Crippen molar-refractivity contribution in [1.82, 2.24) is 15.3 Å². The summed E-state index contributed by atoms with van der Waals surface area (Å²) in [6, 6.07) is 14.3. The molecule has 5 heteroatoms. The molecule has 0 spiro atoms. The van der Waals surface area contributed by atoms with E-state index in [0.29, 0.717) is 5.88 Å². The number of hydrogen-bond donors (Lipinski definition) is 2. The van der Waals surface area contributed by atoms with Gasteiger partial charge in [-0.1, -0.05) is 18.2 Å². The maximum Gasteiger partial charge on any atom is 0.222 e. The number of fused-ring (bicyclic) bond motifs is 1. The molecule has 1 aliphatic rings. The number of methoxy groups -OCH3 is 1. The van der Waals surface area contributed by atoms with Crippen LogP contribution in [0, 0.1) is 5.92 Å². The minimum atomic E-state index is 0.598. The molecule has 1 unspecified atom stereocenters. The Morgan fingerprint density at radius 3 is 3.00 bits per heavy atom. The molecule has 28 heavy (non-hydrogen) atoms. The van der Waals surface area contributed by atoms with E-state index in [4.69, 9.17) is 9.72 Å². The second-order valence-electron chi connectivity index (χ2n) is 7.41.